The van der Waals surface area contributed by atoms with Crippen LogP contribution < -0.4 is 31.1 Å². The zero-order valence-corrected chi connectivity index (χ0v) is 48.9. The van der Waals surface area contributed by atoms with E-state index in [0.29, 0.717) is 55.8 Å². The van der Waals surface area contributed by atoms with Crippen molar-refractivity contribution in [2.75, 3.05) is 140 Å². The maximum Gasteiger partial charge on any atom is 0.326 e. The van der Waals surface area contributed by atoms with Crippen LogP contribution in [0.1, 0.15) is 95.5 Å². The van der Waals surface area contributed by atoms with Gasteiger partial charge in [0.05, 0.1) is 26.2 Å². The topological polar surface area (TPSA) is 405 Å². The summed E-state index contributed by atoms with van der Waals surface area (Å²) < 4.78 is 0. The van der Waals surface area contributed by atoms with E-state index in [2.05, 4.69) is 36.1 Å². The largest absolute Gasteiger partial charge is 0.481 e. The molecule has 30 nitrogen and oxygen atoms in total. The summed E-state index contributed by atoms with van der Waals surface area (Å²) in [6.45, 7) is 4.49. The van der Waals surface area contributed by atoms with Crippen molar-refractivity contribution in [3.8, 4) is 0 Å². The fourth-order valence-electron chi connectivity index (χ4n) is 10.0. The summed E-state index contributed by atoms with van der Waals surface area (Å²) in [6.07, 6.45) is 9.04. The summed E-state index contributed by atoms with van der Waals surface area (Å²) in [5, 5.41) is 77.0. The molecule has 3 amide bonds. The van der Waals surface area contributed by atoms with Crippen molar-refractivity contribution in [2.45, 2.75) is 114 Å². The smallest absolute Gasteiger partial charge is 0.326 e. The molecule has 2 aromatic rings. The lowest BCUT2D eigenvalue weighted by Gasteiger charge is -2.37. The van der Waals surface area contributed by atoms with Crippen LogP contribution in [-0.4, -0.2) is 272 Å². The molecule has 0 aliphatic carbocycles. The number of carbonyl (C=O) groups excluding carboxylic acids is 2. The molecule has 1 aromatic carbocycles. The first-order valence-corrected chi connectivity index (χ1v) is 29.1. The third kappa shape index (κ3) is 28.7. The fourth-order valence-corrected chi connectivity index (χ4v) is 10.0. The van der Waals surface area contributed by atoms with Gasteiger partial charge in [0.25, 0.3) is 0 Å². The molecule has 3 unspecified atom stereocenters. The van der Waals surface area contributed by atoms with E-state index in [4.69, 9.17) is 15.1 Å². The number of aromatic nitrogens is 3. The SMILES string of the molecule is CN(C)c1nc(Nc2ccc(CC3CN(CC(=O)O)CCN(CC(=O)O)CCN(CC(=O)O)CCN3CC(=O)O)cc2)nc(N2CCN(CCCCCCCCCCC(=O)NCCCCC(NC(=O)NC(CCC(=O)O)C(=O)O)C(=O)O)CC2)n1. The Balaban J connectivity index is 1.18. The van der Waals surface area contributed by atoms with Crippen LogP contribution in [0.25, 0.3) is 0 Å². The summed E-state index contributed by atoms with van der Waals surface area (Å²) in [5.74, 6) is -7.01. The minimum Gasteiger partial charge on any atom is -0.481 e. The Kier molecular flexibility index (Phi) is 31.0. The number of benzene rings is 1. The van der Waals surface area contributed by atoms with Crippen LogP contribution in [0.3, 0.4) is 0 Å². The average molecular weight is 1200 g/mol. The number of carboxylic acids is 7. The van der Waals surface area contributed by atoms with Crippen LogP contribution in [0.5, 0.6) is 0 Å². The number of carboxylic acid groups (broad SMARTS) is 7. The quantitative estimate of drug-likeness (QED) is 0.0423. The number of rotatable bonds is 37. The number of anilines is 4. The van der Waals surface area contributed by atoms with Crippen LogP contribution in [0, 0.1) is 0 Å². The van der Waals surface area contributed by atoms with E-state index in [0.717, 1.165) is 89.7 Å². The molecule has 474 valence electrons. The minimum absolute atomic E-state index is 0.0491. The summed E-state index contributed by atoms with van der Waals surface area (Å²) >= 11 is 0. The molecule has 2 aliphatic heterocycles. The standard InChI is InChI=1S/C55H88N14O16/c1-63(2)53-60-52(57-40-17-15-39(16-18-40)33-41-34-67(37-48(77)78)26-25-65(35-46(73)74)23-24-66(36-47(75)76)29-32-69(41)38-49(79)80)61-54(62-53)68-30-27-64(28-31-68)22-12-8-6-4-3-5-7-9-14-44(70)56-21-11-10-13-42(50(81)82)58-55(85)59-43(51(83)84)19-20-45(71)72/h15-18,41-43H,3-14,19-38H2,1-2H3,(H,56,70)(H,71,72)(H,73,74)(H,75,76)(H,77,78)(H,79,80)(H,81,82)(H,83,84)(H2,58,59,85)(H,57,60,61,62). The molecule has 2 saturated heterocycles. The maximum absolute atomic E-state index is 12.4. The first kappa shape index (κ1) is 69.9. The number of hydrogen-bond acceptors (Lipinski definition) is 20. The molecule has 11 N–H and O–H groups in total. The third-order valence-electron chi connectivity index (χ3n) is 14.6. The van der Waals surface area contributed by atoms with E-state index in [-0.39, 0.29) is 90.7 Å². The molecule has 30 heteroatoms. The Morgan fingerprint density at radius 3 is 1.61 bits per heavy atom. The summed E-state index contributed by atoms with van der Waals surface area (Å²) in [7, 11) is 3.71. The Morgan fingerprint density at radius 2 is 1.06 bits per heavy atom. The van der Waals surface area contributed by atoms with E-state index in [1.807, 2.05) is 43.3 Å². The van der Waals surface area contributed by atoms with Gasteiger partial charge in [0.2, 0.25) is 23.8 Å². The van der Waals surface area contributed by atoms with E-state index in [1.165, 1.54) is 0 Å². The number of piperazine rings is 1. The molecule has 4 rings (SSSR count). The van der Waals surface area contributed by atoms with Crippen LogP contribution in [0.15, 0.2) is 24.3 Å². The lowest BCUT2D eigenvalue weighted by atomic mass is 10.0. The van der Waals surface area contributed by atoms with Gasteiger partial charge in [0, 0.05) is 117 Å². The fraction of sp³-hybridized carbons (Fsp3) is 0.673. The van der Waals surface area contributed by atoms with Crippen molar-refractivity contribution in [3.63, 3.8) is 0 Å². The number of nitrogens with zero attached hydrogens (tertiary/aromatic N) is 10. The normalized spacial score (nSPS) is 16.9. The Morgan fingerprint density at radius 1 is 0.541 bits per heavy atom. The van der Waals surface area contributed by atoms with Crippen molar-refractivity contribution in [1.82, 2.24) is 55.4 Å². The van der Waals surface area contributed by atoms with Gasteiger partial charge < -0.3 is 66.8 Å². The second-order valence-electron chi connectivity index (χ2n) is 21.8. The molecule has 3 atom stereocenters. The first-order valence-electron chi connectivity index (χ1n) is 29.1. The number of hydrogen-bond donors (Lipinski definition) is 11. The summed E-state index contributed by atoms with van der Waals surface area (Å²) in [5.41, 5.74) is 1.52. The lowest BCUT2D eigenvalue weighted by molar-refractivity contribution is -0.142. The van der Waals surface area contributed by atoms with Crippen molar-refractivity contribution < 1.29 is 78.9 Å². The van der Waals surface area contributed by atoms with E-state index >= 15 is 0 Å². The van der Waals surface area contributed by atoms with Gasteiger partial charge in [-0.15, -0.1) is 0 Å². The molecular weight excluding hydrogens is 1110 g/mol. The highest BCUT2D eigenvalue weighted by Crippen LogP contribution is 2.22. The van der Waals surface area contributed by atoms with Crippen LogP contribution in [-0.2, 0) is 44.8 Å². The van der Waals surface area contributed by atoms with Gasteiger partial charge in [-0.3, -0.25) is 53.3 Å². The highest BCUT2D eigenvalue weighted by molar-refractivity contribution is 5.86. The van der Waals surface area contributed by atoms with Gasteiger partial charge in [-0.25, -0.2) is 14.4 Å². The highest BCUT2D eigenvalue weighted by atomic mass is 16.4. The summed E-state index contributed by atoms with van der Waals surface area (Å²) in [4.78, 5) is 133. The van der Waals surface area contributed by atoms with Crippen LogP contribution in [0.4, 0.5) is 28.3 Å². The Hall–Kier alpha value is -7.54. The average Bonchev–Trinajstić information content (AvgIpc) is 3.64. The number of carbonyl (C=O) groups is 9. The molecule has 2 aliphatic rings. The lowest BCUT2D eigenvalue weighted by Crippen LogP contribution is -2.53. The van der Waals surface area contributed by atoms with Crippen LogP contribution in [0.2, 0.25) is 0 Å². The second kappa shape index (κ2) is 37.7. The van der Waals surface area contributed by atoms with E-state index in [9.17, 15) is 73.8 Å². The number of amides is 3. The number of nitrogens with one attached hydrogen (secondary N) is 4. The number of unbranched alkanes of at least 4 members (excludes halogenated alkanes) is 8. The molecule has 3 heterocycles. The highest BCUT2D eigenvalue weighted by Gasteiger charge is 2.29. The summed E-state index contributed by atoms with van der Waals surface area (Å²) in [6, 6.07) is 3.17. The van der Waals surface area contributed by atoms with Gasteiger partial charge in [0.1, 0.15) is 12.1 Å². The van der Waals surface area contributed by atoms with Gasteiger partial charge in [0.15, 0.2) is 0 Å². The molecule has 0 saturated carbocycles. The van der Waals surface area contributed by atoms with Gasteiger partial charge in [-0.1, -0.05) is 50.7 Å². The predicted octanol–water partition coefficient (Wildman–Crippen LogP) is 1.14. The van der Waals surface area contributed by atoms with Gasteiger partial charge >= 0.3 is 47.8 Å². The predicted molar refractivity (Wildman–Crippen MR) is 311 cm³/mol. The second-order valence-corrected chi connectivity index (χ2v) is 21.8. The number of aliphatic carboxylic acids is 7. The van der Waals surface area contributed by atoms with Crippen molar-refractivity contribution in [3.05, 3.63) is 29.8 Å². The van der Waals surface area contributed by atoms with Crippen LogP contribution >= 0.6 is 0 Å². The zero-order valence-electron chi connectivity index (χ0n) is 48.9. The molecule has 85 heavy (non-hydrogen) atoms. The Bertz CT molecular complexity index is 2470. The molecule has 2 fully saturated rings. The van der Waals surface area contributed by atoms with Crippen molar-refractivity contribution in [2.24, 2.45) is 0 Å². The monoisotopic (exact) mass is 1200 g/mol. The van der Waals surface area contributed by atoms with Gasteiger partial charge in [-0.05, 0) is 69.2 Å². The molecule has 1 aromatic heterocycles. The zero-order chi connectivity index (χ0) is 62.3. The first-order chi connectivity index (χ1) is 40.5. The van der Waals surface area contributed by atoms with Gasteiger partial charge in [-0.2, -0.15) is 15.0 Å². The van der Waals surface area contributed by atoms with Crippen molar-refractivity contribution >= 4 is 77.3 Å². The van der Waals surface area contributed by atoms with E-state index in [1.54, 1.807) is 19.6 Å². The molecular formula is C55H88N14O16. The van der Waals surface area contributed by atoms with Crippen molar-refractivity contribution in [1.29, 1.82) is 0 Å². The molecule has 0 radical (unpaired) electrons. The maximum atomic E-state index is 12.4. The third-order valence-corrected chi connectivity index (χ3v) is 14.6. The molecule has 0 spiro atoms. The Labute approximate surface area is 494 Å². The van der Waals surface area contributed by atoms with E-state index < -0.39 is 72.4 Å². The number of urea groups is 1. The molecule has 0 bridgehead atoms. The minimum atomic E-state index is -1.49.